The SMILES string of the molecule is CC(C)c1ccc2c(N)c(C(=O)Nc3ccccc3C#N)sc2n1. The van der Waals surface area contributed by atoms with Gasteiger partial charge in [0.1, 0.15) is 15.8 Å². The molecular formula is C18H16N4OS. The maximum atomic E-state index is 12.6. The largest absolute Gasteiger partial charge is 0.397 e. The minimum absolute atomic E-state index is 0.303. The second-order valence-electron chi connectivity index (χ2n) is 5.70. The van der Waals surface area contributed by atoms with Crippen LogP contribution in [-0.4, -0.2) is 10.9 Å². The van der Waals surface area contributed by atoms with Crippen molar-refractivity contribution >= 4 is 38.8 Å². The van der Waals surface area contributed by atoms with E-state index >= 15 is 0 Å². The molecular weight excluding hydrogens is 320 g/mol. The first kappa shape index (κ1) is 16.0. The summed E-state index contributed by atoms with van der Waals surface area (Å²) >= 11 is 1.27. The first-order valence-electron chi connectivity index (χ1n) is 7.50. The Morgan fingerprint density at radius 1 is 1.29 bits per heavy atom. The molecule has 0 aliphatic rings. The average molecular weight is 336 g/mol. The first-order chi connectivity index (χ1) is 11.5. The second kappa shape index (κ2) is 6.30. The molecule has 0 aliphatic carbocycles. The van der Waals surface area contributed by atoms with Gasteiger partial charge in [-0.3, -0.25) is 4.79 Å². The van der Waals surface area contributed by atoms with Crippen LogP contribution in [0.3, 0.4) is 0 Å². The molecule has 0 spiro atoms. The number of nitriles is 1. The van der Waals surface area contributed by atoms with Crippen molar-refractivity contribution in [2.45, 2.75) is 19.8 Å². The molecule has 24 heavy (non-hydrogen) atoms. The van der Waals surface area contributed by atoms with Crippen LogP contribution in [0.25, 0.3) is 10.2 Å². The number of nitrogen functional groups attached to an aromatic ring is 1. The summed E-state index contributed by atoms with van der Waals surface area (Å²) in [4.78, 5) is 18.3. The van der Waals surface area contributed by atoms with E-state index in [0.29, 0.717) is 27.7 Å². The van der Waals surface area contributed by atoms with Crippen LogP contribution < -0.4 is 11.1 Å². The quantitative estimate of drug-likeness (QED) is 0.752. The summed E-state index contributed by atoms with van der Waals surface area (Å²) in [5.41, 5.74) is 8.40. The number of para-hydroxylation sites is 1. The van der Waals surface area contributed by atoms with E-state index in [1.165, 1.54) is 11.3 Å². The lowest BCUT2D eigenvalue weighted by Gasteiger charge is -2.05. The molecule has 0 atom stereocenters. The number of carbonyl (C=O) groups excluding carboxylic acids is 1. The van der Waals surface area contributed by atoms with Crippen molar-refractivity contribution in [2.75, 3.05) is 11.1 Å². The Labute approximate surface area is 143 Å². The summed E-state index contributed by atoms with van der Waals surface area (Å²) in [6, 6.07) is 12.8. The molecule has 5 nitrogen and oxygen atoms in total. The number of aromatic nitrogens is 1. The highest BCUT2D eigenvalue weighted by Gasteiger charge is 2.19. The Morgan fingerprint density at radius 2 is 2.04 bits per heavy atom. The zero-order chi connectivity index (χ0) is 17.3. The molecule has 0 bridgehead atoms. The summed E-state index contributed by atoms with van der Waals surface area (Å²) in [5.74, 6) is -0.0261. The molecule has 0 saturated heterocycles. The minimum atomic E-state index is -0.329. The van der Waals surface area contributed by atoms with Crippen LogP contribution in [0.5, 0.6) is 0 Å². The lowest BCUT2D eigenvalue weighted by molar-refractivity contribution is 0.103. The van der Waals surface area contributed by atoms with E-state index < -0.39 is 0 Å². The van der Waals surface area contributed by atoms with Crippen LogP contribution in [0.4, 0.5) is 11.4 Å². The number of hydrogen-bond donors (Lipinski definition) is 2. The van der Waals surface area contributed by atoms with E-state index in [1.54, 1.807) is 24.3 Å². The summed E-state index contributed by atoms with van der Waals surface area (Å²) in [7, 11) is 0. The molecule has 0 saturated carbocycles. The number of anilines is 2. The van der Waals surface area contributed by atoms with Gasteiger partial charge in [0, 0.05) is 11.1 Å². The molecule has 1 aromatic carbocycles. The number of thiophene rings is 1. The molecule has 3 N–H and O–H groups in total. The number of pyridine rings is 1. The first-order valence-corrected chi connectivity index (χ1v) is 8.32. The monoisotopic (exact) mass is 336 g/mol. The molecule has 3 rings (SSSR count). The number of fused-ring (bicyclic) bond motifs is 1. The van der Waals surface area contributed by atoms with E-state index in [4.69, 9.17) is 11.0 Å². The van der Waals surface area contributed by atoms with Crippen LogP contribution in [0.2, 0.25) is 0 Å². The summed E-state index contributed by atoms with van der Waals surface area (Å²) in [6.45, 7) is 4.13. The van der Waals surface area contributed by atoms with Crippen molar-refractivity contribution in [1.82, 2.24) is 4.98 Å². The molecule has 120 valence electrons. The highest BCUT2D eigenvalue weighted by Crippen LogP contribution is 2.34. The fourth-order valence-electron chi connectivity index (χ4n) is 2.37. The van der Waals surface area contributed by atoms with Gasteiger partial charge in [-0.15, -0.1) is 11.3 Å². The number of nitrogens with one attached hydrogen (secondary N) is 1. The number of hydrogen-bond acceptors (Lipinski definition) is 5. The standard InChI is InChI=1S/C18H16N4OS/c1-10(2)13-8-7-12-15(20)16(24-18(12)22-13)17(23)21-14-6-4-3-5-11(14)9-19/h3-8,10H,20H2,1-2H3,(H,21,23). The third-order valence-corrected chi connectivity index (χ3v) is 4.82. The van der Waals surface area contributed by atoms with E-state index in [9.17, 15) is 4.79 Å². The van der Waals surface area contributed by atoms with Crippen LogP contribution in [0.15, 0.2) is 36.4 Å². The zero-order valence-corrected chi connectivity index (χ0v) is 14.1. The van der Waals surface area contributed by atoms with Gasteiger partial charge in [-0.25, -0.2) is 4.98 Å². The smallest absolute Gasteiger partial charge is 0.267 e. The molecule has 6 heteroatoms. The highest BCUT2D eigenvalue weighted by molar-refractivity contribution is 7.21. The van der Waals surface area contributed by atoms with Crippen molar-refractivity contribution < 1.29 is 4.79 Å². The number of carbonyl (C=O) groups is 1. The van der Waals surface area contributed by atoms with Gasteiger partial charge in [0.05, 0.1) is 16.9 Å². The molecule has 1 amide bonds. The van der Waals surface area contributed by atoms with Crippen LogP contribution >= 0.6 is 11.3 Å². The van der Waals surface area contributed by atoms with Gasteiger partial charge in [0.15, 0.2) is 0 Å². The van der Waals surface area contributed by atoms with Crippen LogP contribution in [0.1, 0.15) is 40.7 Å². The Balaban J connectivity index is 1.98. The van der Waals surface area contributed by atoms with Gasteiger partial charge in [-0.2, -0.15) is 5.26 Å². The van der Waals surface area contributed by atoms with Gasteiger partial charge in [0.25, 0.3) is 5.91 Å². The maximum Gasteiger partial charge on any atom is 0.267 e. The van der Waals surface area contributed by atoms with E-state index in [0.717, 1.165) is 15.9 Å². The molecule has 0 aliphatic heterocycles. The van der Waals surface area contributed by atoms with Crippen molar-refractivity contribution in [3.8, 4) is 6.07 Å². The van der Waals surface area contributed by atoms with Crippen LogP contribution in [0, 0.1) is 11.3 Å². The van der Waals surface area contributed by atoms with Crippen LogP contribution in [-0.2, 0) is 0 Å². The third kappa shape index (κ3) is 2.82. The number of nitrogens with zero attached hydrogens (tertiary/aromatic N) is 2. The van der Waals surface area contributed by atoms with Crippen molar-refractivity contribution in [3.05, 3.63) is 52.5 Å². The fourth-order valence-corrected chi connectivity index (χ4v) is 3.37. The topological polar surface area (TPSA) is 91.8 Å². The normalized spacial score (nSPS) is 10.8. The van der Waals surface area contributed by atoms with Crippen molar-refractivity contribution in [1.29, 1.82) is 5.26 Å². The second-order valence-corrected chi connectivity index (χ2v) is 6.70. The van der Waals surface area contributed by atoms with Gasteiger partial charge in [0.2, 0.25) is 0 Å². The molecule has 2 heterocycles. The van der Waals surface area contributed by atoms with E-state index in [1.807, 2.05) is 12.1 Å². The van der Waals surface area contributed by atoms with Crippen molar-refractivity contribution in [3.63, 3.8) is 0 Å². The molecule has 2 aromatic heterocycles. The Hall–Kier alpha value is -2.91. The van der Waals surface area contributed by atoms with Crippen molar-refractivity contribution in [2.24, 2.45) is 0 Å². The number of nitrogens with two attached hydrogens (primary N) is 1. The third-order valence-electron chi connectivity index (χ3n) is 3.71. The lowest BCUT2D eigenvalue weighted by Crippen LogP contribution is -2.12. The summed E-state index contributed by atoms with van der Waals surface area (Å²) < 4.78 is 0. The Kier molecular flexibility index (Phi) is 4.19. The van der Waals surface area contributed by atoms with E-state index in [2.05, 4.69) is 30.2 Å². The number of rotatable bonds is 3. The van der Waals surface area contributed by atoms with Gasteiger partial charge in [-0.1, -0.05) is 26.0 Å². The number of benzene rings is 1. The Bertz CT molecular complexity index is 969. The average Bonchev–Trinajstić information content (AvgIpc) is 2.91. The molecule has 3 aromatic rings. The summed E-state index contributed by atoms with van der Waals surface area (Å²) in [6.07, 6.45) is 0. The van der Waals surface area contributed by atoms with Gasteiger partial charge >= 0.3 is 0 Å². The molecule has 0 unspecified atom stereocenters. The van der Waals surface area contributed by atoms with Gasteiger partial charge in [-0.05, 0) is 30.2 Å². The maximum absolute atomic E-state index is 12.6. The summed E-state index contributed by atoms with van der Waals surface area (Å²) in [5, 5.41) is 12.7. The zero-order valence-electron chi connectivity index (χ0n) is 13.3. The van der Waals surface area contributed by atoms with Gasteiger partial charge < -0.3 is 11.1 Å². The highest BCUT2D eigenvalue weighted by atomic mass is 32.1. The predicted octanol–water partition coefficient (Wildman–Crippen LogP) is 4.13. The van der Waals surface area contributed by atoms with E-state index in [-0.39, 0.29) is 5.91 Å². The number of amides is 1. The minimum Gasteiger partial charge on any atom is -0.397 e. The predicted molar refractivity (Wildman–Crippen MR) is 97.2 cm³/mol. The lowest BCUT2D eigenvalue weighted by atomic mass is 10.1. The fraction of sp³-hybridized carbons (Fsp3) is 0.167. The molecule has 0 fully saturated rings. The Morgan fingerprint density at radius 3 is 2.75 bits per heavy atom. The molecule has 0 radical (unpaired) electrons.